The van der Waals surface area contributed by atoms with Gasteiger partial charge in [-0.25, -0.2) is 0 Å². The first-order valence-electron chi connectivity index (χ1n) is 16.4. The van der Waals surface area contributed by atoms with E-state index in [1.165, 1.54) is 0 Å². The SMILES string of the molecule is Brc1ccc(N(c2ccc3c(c2)OC(c2ccccc2)(c2ccccc2)O3)c2ccc3c(c2)OC(c2ccccc2)(c2ccccc2)O3)cc1. The van der Waals surface area contributed by atoms with E-state index in [2.05, 4.69) is 45.1 Å². The molecule has 2 aliphatic rings. The summed E-state index contributed by atoms with van der Waals surface area (Å²) in [4.78, 5) is 2.18. The number of ether oxygens (including phenoxy) is 4. The molecule has 0 aromatic heterocycles. The van der Waals surface area contributed by atoms with Crippen molar-refractivity contribution >= 4 is 33.0 Å². The number of rotatable bonds is 7. The smallest absolute Gasteiger partial charge is 0.305 e. The largest absolute Gasteiger partial charge is 0.440 e. The Morgan fingerprint density at radius 3 is 1.02 bits per heavy atom. The molecule has 7 aromatic carbocycles. The van der Waals surface area contributed by atoms with Crippen molar-refractivity contribution in [1.82, 2.24) is 0 Å². The van der Waals surface area contributed by atoms with Crippen LogP contribution in [0.25, 0.3) is 0 Å². The average molecular weight is 717 g/mol. The summed E-state index contributed by atoms with van der Waals surface area (Å²) in [5, 5.41) is 0. The molecule has 0 N–H and O–H groups in total. The topological polar surface area (TPSA) is 40.2 Å². The minimum absolute atomic E-state index is 0.644. The third-order valence-corrected chi connectivity index (χ3v) is 9.61. The van der Waals surface area contributed by atoms with Crippen LogP contribution in [-0.4, -0.2) is 0 Å². The Kier molecular flexibility index (Phi) is 7.32. The van der Waals surface area contributed by atoms with Crippen LogP contribution in [0.4, 0.5) is 17.1 Å². The summed E-state index contributed by atoms with van der Waals surface area (Å²) in [5.41, 5.74) is 6.37. The molecule has 50 heavy (non-hydrogen) atoms. The van der Waals surface area contributed by atoms with E-state index in [4.69, 9.17) is 18.9 Å². The van der Waals surface area contributed by atoms with E-state index < -0.39 is 11.6 Å². The monoisotopic (exact) mass is 715 g/mol. The number of hydrogen-bond donors (Lipinski definition) is 0. The first-order chi connectivity index (χ1) is 24.6. The normalized spacial score (nSPS) is 14.7. The van der Waals surface area contributed by atoms with E-state index in [-0.39, 0.29) is 0 Å². The van der Waals surface area contributed by atoms with Crippen LogP contribution in [0, 0.1) is 0 Å². The van der Waals surface area contributed by atoms with Crippen molar-refractivity contribution in [2.24, 2.45) is 0 Å². The zero-order chi connectivity index (χ0) is 33.5. The zero-order valence-corrected chi connectivity index (χ0v) is 28.4. The molecule has 0 fully saturated rings. The highest BCUT2D eigenvalue weighted by Gasteiger charge is 2.47. The Labute approximate surface area is 299 Å². The quantitative estimate of drug-likeness (QED) is 0.164. The van der Waals surface area contributed by atoms with Crippen molar-refractivity contribution in [1.29, 1.82) is 0 Å². The third kappa shape index (κ3) is 5.08. The number of halogens is 1. The van der Waals surface area contributed by atoms with E-state index in [1.807, 2.05) is 158 Å². The Hall–Kier alpha value is -5.98. The summed E-state index contributed by atoms with van der Waals surface area (Å²) in [6, 6.07) is 60.6. The molecular weight excluding hydrogens is 686 g/mol. The average Bonchev–Trinajstić information content (AvgIpc) is 3.78. The number of nitrogens with zero attached hydrogens (tertiary/aromatic N) is 1. The Morgan fingerprint density at radius 2 is 0.660 bits per heavy atom. The lowest BCUT2D eigenvalue weighted by Crippen LogP contribution is -2.36. The van der Waals surface area contributed by atoms with Crippen LogP contribution < -0.4 is 23.8 Å². The van der Waals surface area contributed by atoms with E-state index >= 15 is 0 Å². The Morgan fingerprint density at radius 1 is 0.340 bits per heavy atom. The lowest BCUT2D eigenvalue weighted by Gasteiger charge is -2.28. The number of anilines is 3. The molecule has 0 spiro atoms. The molecule has 6 heteroatoms. The molecule has 0 saturated heterocycles. The molecule has 2 heterocycles. The minimum Gasteiger partial charge on any atom is -0.440 e. The predicted molar refractivity (Wildman–Crippen MR) is 199 cm³/mol. The lowest BCUT2D eigenvalue weighted by atomic mass is 9.97. The second-order valence-corrected chi connectivity index (χ2v) is 13.1. The van der Waals surface area contributed by atoms with Gasteiger partial charge in [-0.2, -0.15) is 0 Å². The summed E-state index contributed by atoms with van der Waals surface area (Å²) in [6.45, 7) is 0. The van der Waals surface area contributed by atoms with Gasteiger partial charge in [-0.3, -0.25) is 0 Å². The summed E-state index contributed by atoms with van der Waals surface area (Å²) < 4.78 is 28.1. The first kappa shape index (κ1) is 30.1. The molecular formula is C44H30BrNO4. The minimum atomic E-state index is -1.12. The molecule has 0 aliphatic carbocycles. The fourth-order valence-corrected chi connectivity index (χ4v) is 7.00. The van der Waals surface area contributed by atoms with Gasteiger partial charge < -0.3 is 23.8 Å². The van der Waals surface area contributed by atoms with Gasteiger partial charge in [-0.1, -0.05) is 137 Å². The van der Waals surface area contributed by atoms with Crippen LogP contribution in [0.5, 0.6) is 23.0 Å². The van der Waals surface area contributed by atoms with Crippen LogP contribution >= 0.6 is 15.9 Å². The molecule has 0 unspecified atom stereocenters. The molecule has 0 radical (unpaired) electrons. The zero-order valence-electron chi connectivity index (χ0n) is 26.8. The number of fused-ring (bicyclic) bond motifs is 2. The fourth-order valence-electron chi connectivity index (χ4n) is 6.73. The maximum absolute atomic E-state index is 6.85. The lowest BCUT2D eigenvalue weighted by molar-refractivity contribution is -0.0461. The molecule has 7 aromatic rings. The van der Waals surface area contributed by atoms with Gasteiger partial charge in [0, 0.05) is 44.5 Å². The second kappa shape index (κ2) is 12.2. The highest BCUT2D eigenvalue weighted by molar-refractivity contribution is 9.10. The summed E-state index contributed by atoms with van der Waals surface area (Å²) >= 11 is 3.61. The highest BCUT2D eigenvalue weighted by atomic mass is 79.9. The third-order valence-electron chi connectivity index (χ3n) is 9.09. The maximum atomic E-state index is 6.85. The van der Waals surface area contributed by atoms with Crippen molar-refractivity contribution in [3.05, 3.63) is 209 Å². The van der Waals surface area contributed by atoms with Crippen LogP contribution in [0.2, 0.25) is 0 Å². The van der Waals surface area contributed by atoms with Crippen molar-refractivity contribution in [2.45, 2.75) is 11.6 Å². The maximum Gasteiger partial charge on any atom is 0.305 e. The van der Waals surface area contributed by atoms with Gasteiger partial charge in [0.15, 0.2) is 23.0 Å². The van der Waals surface area contributed by atoms with Crippen molar-refractivity contribution in [3.63, 3.8) is 0 Å². The summed E-state index contributed by atoms with van der Waals surface area (Å²) in [5.74, 6) is 0.374. The van der Waals surface area contributed by atoms with Gasteiger partial charge in [0.2, 0.25) is 0 Å². The standard InChI is InChI=1S/C44H30BrNO4/c45-35-21-23-36(24-22-35)46(37-25-27-39-41(29-37)49-43(47-39,31-13-5-1-6-14-31)32-15-7-2-8-16-32)38-26-28-40-42(30-38)50-44(48-40,33-17-9-3-10-18-33)34-19-11-4-12-20-34/h1-30H. The predicted octanol–water partition coefficient (Wildman–Crippen LogP) is 11.3. The first-order valence-corrected chi connectivity index (χ1v) is 17.2. The van der Waals surface area contributed by atoms with Gasteiger partial charge in [-0.05, 0) is 48.5 Å². The molecule has 0 bridgehead atoms. The molecule has 242 valence electrons. The fraction of sp³-hybridized carbons (Fsp3) is 0.0455. The van der Waals surface area contributed by atoms with Gasteiger partial charge in [0.25, 0.3) is 0 Å². The van der Waals surface area contributed by atoms with Gasteiger partial charge in [0.05, 0.1) is 11.4 Å². The van der Waals surface area contributed by atoms with Crippen LogP contribution in [-0.2, 0) is 11.6 Å². The van der Waals surface area contributed by atoms with Crippen molar-refractivity contribution in [3.8, 4) is 23.0 Å². The molecule has 0 atom stereocenters. The Bertz CT molecular complexity index is 2060. The summed E-state index contributed by atoms with van der Waals surface area (Å²) in [6.07, 6.45) is 0. The molecule has 2 aliphatic heterocycles. The molecule has 5 nitrogen and oxygen atoms in total. The molecule has 9 rings (SSSR count). The van der Waals surface area contributed by atoms with Gasteiger partial charge >= 0.3 is 11.6 Å². The number of benzene rings is 7. The van der Waals surface area contributed by atoms with Crippen LogP contribution in [0.15, 0.2) is 186 Å². The second-order valence-electron chi connectivity index (χ2n) is 12.2. The van der Waals surface area contributed by atoms with E-state index in [0.29, 0.717) is 23.0 Å². The van der Waals surface area contributed by atoms with E-state index in [9.17, 15) is 0 Å². The number of hydrogen-bond acceptors (Lipinski definition) is 5. The van der Waals surface area contributed by atoms with Gasteiger partial charge in [0.1, 0.15) is 0 Å². The van der Waals surface area contributed by atoms with Crippen LogP contribution in [0.1, 0.15) is 22.3 Å². The van der Waals surface area contributed by atoms with Crippen molar-refractivity contribution < 1.29 is 18.9 Å². The molecule has 0 amide bonds. The van der Waals surface area contributed by atoms with Gasteiger partial charge in [-0.15, -0.1) is 0 Å². The highest BCUT2D eigenvalue weighted by Crippen LogP contribution is 2.52. The summed E-state index contributed by atoms with van der Waals surface area (Å²) in [7, 11) is 0. The van der Waals surface area contributed by atoms with E-state index in [1.54, 1.807) is 0 Å². The van der Waals surface area contributed by atoms with E-state index in [0.717, 1.165) is 43.8 Å². The Balaban J connectivity index is 1.13. The molecule has 0 saturated carbocycles. The van der Waals surface area contributed by atoms with Crippen molar-refractivity contribution in [2.75, 3.05) is 4.90 Å². The van der Waals surface area contributed by atoms with Crippen LogP contribution in [0.3, 0.4) is 0 Å².